The van der Waals surface area contributed by atoms with Crippen LogP contribution in [0, 0.1) is 5.92 Å². The summed E-state index contributed by atoms with van der Waals surface area (Å²) in [6.07, 6.45) is 3.94. The predicted octanol–water partition coefficient (Wildman–Crippen LogP) is 2.15. The van der Waals surface area contributed by atoms with Crippen molar-refractivity contribution >= 4 is 5.91 Å². The highest BCUT2D eigenvalue weighted by Crippen LogP contribution is 2.25. The normalized spacial score (nSPS) is 29.9. The van der Waals surface area contributed by atoms with Crippen LogP contribution in [0.4, 0.5) is 0 Å². The van der Waals surface area contributed by atoms with E-state index >= 15 is 0 Å². The first kappa shape index (κ1) is 13.5. The van der Waals surface area contributed by atoms with Crippen LogP contribution in [0.25, 0.3) is 0 Å². The Morgan fingerprint density at radius 1 is 1.50 bits per heavy atom. The molecule has 0 bridgehead atoms. The van der Waals surface area contributed by atoms with Crippen molar-refractivity contribution in [2.24, 2.45) is 11.7 Å². The molecule has 3 unspecified atom stereocenters. The SMILES string of the molecule is CCCC(C)(N)C(=O)N1CCC(C)CC1C. The number of nitrogens with zero attached hydrogens (tertiary/aromatic N) is 1. The second kappa shape index (κ2) is 5.17. The van der Waals surface area contributed by atoms with Crippen LogP contribution in [0.5, 0.6) is 0 Å². The molecule has 3 heteroatoms. The molecular formula is C13H26N2O. The van der Waals surface area contributed by atoms with Gasteiger partial charge < -0.3 is 10.6 Å². The van der Waals surface area contributed by atoms with Crippen molar-refractivity contribution in [3.8, 4) is 0 Å². The van der Waals surface area contributed by atoms with Crippen LogP contribution in [-0.2, 0) is 4.79 Å². The van der Waals surface area contributed by atoms with Crippen LogP contribution in [0.1, 0.15) is 53.4 Å². The molecule has 0 radical (unpaired) electrons. The number of hydrogen-bond acceptors (Lipinski definition) is 2. The molecule has 3 nitrogen and oxygen atoms in total. The first-order valence-corrected chi connectivity index (χ1v) is 6.48. The van der Waals surface area contributed by atoms with E-state index in [1.54, 1.807) is 0 Å². The van der Waals surface area contributed by atoms with Crippen molar-refractivity contribution in [3.05, 3.63) is 0 Å². The van der Waals surface area contributed by atoms with Crippen molar-refractivity contribution in [1.29, 1.82) is 0 Å². The highest BCUT2D eigenvalue weighted by atomic mass is 16.2. The Morgan fingerprint density at radius 3 is 2.62 bits per heavy atom. The highest BCUT2D eigenvalue weighted by Gasteiger charge is 2.36. The molecule has 0 aromatic carbocycles. The van der Waals surface area contributed by atoms with Crippen molar-refractivity contribution in [3.63, 3.8) is 0 Å². The Kier molecular flexibility index (Phi) is 4.36. The summed E-state index contributed by atoms with van der Waals surface area (Å²) < 4.78 is 0. The van der Waals surface area contributed by atoms with Gasteiger partial charge in [0, 0.05) is 12.6 Å². The maximum atomic E-state index is 12.3. The van der Waals surface area contributed by atoms with E-state index < -0.39 is 5.54 Å². The summed E-state index contributed by atoms with van der Waals surface area (Å²) in [5.74, 6) is 0.864. The Labute approximate surface area is 99.4 Å². The lowest BCUT2D eigenvalue weighted by molar-refractivity contribution is -0.140. The minimum absolute atomic E-state index is 0.133. The van der Waals surface area contributed by atoms with E-state index in [-0.39, 0.29) is 5.91 Å². The Bertz CT molecular complexity index is 250. The number of piperidine rings is 1. The second-order valence-corrected chi connectivity index (χ2v) is 5.64. The van der Waals surface area contributed by atoms with Gasteiger partial charge in [-0.15, -0.1) is 0 Å². The van der Waals surface area contributed by atoms with Crippen molar-refractivity contribution < 1.29 is 4.79 Å². The fourth-order valence-electron chi connectivity index (χ4n) is 2.66. The molecule has 1 aliphatic rings. The van der Waals surface area contributed by atoms with E-state index in [1.165, 1.54) is 0 Å². The van der Waals surface area contributed by atoms with Gasteiger partial charge in [0.2, 0.25) is 5.91 Å². The van der Waals surface area contributed by atoms with Crippen LogP contribution < -0.4 is 5.73 Å². The number of amides is 1. The summed E-state index contributed by atoms with van der Waals surface area (Å²) >= 11 is 0. The second-order valence-electron chi connectivity index (χ2n) is 5.64. The smallest absolute Gasteiger partial charge is 0.242 e. The Hall–Kier alpha value is -0.570. The average Bonchev–Trinajstić information content (AvgIpc) is 2.16. The van der Waals surface area contributed by atoms with Crippen LogP contribution in [-0.4, -0.2) is 28.9 Å². The van der Waals surface area contributed by atoms with E-state index in [1.807, 2.05) is 11.8 Å². The largest absolute Gasteiger partial charge is 0.338 e. The van der Waals surface area contributed by atoms with Gasteiger partial charge in [-0.1, -0.05) is 20.3 Å². The molecule has 1 heterocycles. The molecule has 94 valence electrons. The minimum Gasteiger partial charge on any atom is -0.338 e. The third-order valence-corrected chi connectivity index (χ3v) is 3.66. The first-order chi connectivity index (χ1) is 7.38. The van der Waals surface area contributed by atoms with E-state index in [9.17, 15) is 4.79 Å². The summed E-state index contributed by atoms with van der Waals surface area (Å²) in [5.41, 5.74) is 5.43. The van der Waals surface area contributed by atoms with Gasteiger partial charge in [-0.2, -0.15) is 0 Å². The molecule has 1 saturated heterocycles. The summed E-state index contributed by atoms with van der Waals surface area (Å²) in [6.45, 7) is 9.20. The summed E-state index contributed by atoms with van der Waals surface area (Å²) in [5, 5.41) is 0. The van der Waals surface area contributed by atoms with Gasteiger partial charge in [0.05, 0.1) is 5.54 Å². The Morgan fingerprint density at radius 2 is 2.12 bits per heavy atom. The van der Waals surface area contributed by atoms with Gasteiger partial charge in [-0.05, 0) is 39.0 Å². The van der Waals surface area contributed by atoms with Crippen LogP contribution in [0.2, 0.25) is 0 Å². The van der Waals surface area contributed by atoms with Gasteiger partial charge in [-0.3, -0.25) is 4.79 Å². The number of likely N-dealkylation sites (tertiary alicyclic amines) is 1. The zero-order valence-electron chi connectivity index (χ0n) is 11.1. The van der Waals surface area contributed by atoms with Crippen molar-refractivity contribution in [1.82, 2.24) is 4.90 Å². The predicted molar refractivity (Wildman–Crippen MR) is 67.1 cm³/mol. The molecule has 0 saturated carbocycles. The van der Waals surface area contributed by atoms with E-state index in [4.69, 9.17) is 5.73 Å². The zero-order valence-corrected chi connectivity index (χ0v) is 11.1. The lowest BCUT2D eigenvalue weighted by Crippen LogP contribution is -2.57. The molecule has 1 aliphatic heterocycles. The molecule has 0 aromatic heterocycles. The van der Waals surface area contributed by atoms with E-state index in [0.29, 0.717) is 6.04 Å². The number of nitrogens with two attached hydrogens (primary N) is 1. The van der Waals surface area contributed by atoms with Crippen LogP contribution in [0.15, 0.2) is 0 Å². The maximum absolute atomic E-state index is 12.3. The molecule has 3 atom stereocenters. The van der Waals surface area contributed by atoms with Gasteiger partial charge in [0.15, 0.2) is 0 Å². The minimum atomic E-state index is -0.677. The summed E-state index contributed by atoms with van der Waals surface area (Å²) in [7, 11) is 0. The standard InChI is InChI=1S/C13H26N2O/c1-5-7-13(4,14)12(16)15-8-6-10(2)9-11(15)3/h10-11H,5-9,14H2,1-4H3. The molecule has 1 amide bonds. The molecule has 1 rings (SSSR count). The molecular weight excluding hydrogens is 200 g/mol. The van der Waals surface area contributed by atoms with Gasteiger partial charge in [0.1, 0.15) is 0 Å². The maximum Gasteiger partial charge on any atom is 0.242 e. The monoisotopic (exact) mass is 226 g/mol. The van der Waals surface area contributed by atoms with Crippen molar-refractivity contribution in [2.75, 3.05) is 6.54 Å². The van der Waals surface area contributed by atoms with Crippen molar-refractivity contribution in [2.45, 2.75) is 65.0 Å². The zero-order chi connectivity index (χ0) is 12.3. The lowest BCUT2D eigenvalue weighted by Gasteiger charge is -2.40. The molecule has 0 aromatic rings. The topological polar surface area (TPSA) is 46.3 Å². The van der Waals surface area contributed by atoms with Gasteiger partial charge in [0.25, 0.3) is 0 Å². The third kappa shape index (κ3) is 2.97. The van der Waals surface area contributed by atoms with Gasteiger partial charge >= 0.3 is 0 Å². The lowest BCUT2D eigenvalue weighted by atomic mass is 9.89. The van der Waals surface area contributed by atoms with Gasteiger partial charge in [-0.25, -0.2) is 0 Å². The quantitative estimate of drug-likeness (QED) is 0.801. The molecule has 0 spiro atoms. The molecule has 0 aliphatic carbocycles. The van der Waals surface area contributed by atoms with E-state index in [0.717, 1.165) is 38.1 Å². The van der Waals surface area contributed by atoms with Crippen LogP contribution in [0.3, 0.4) is 0 Å². The number of carbonyl (C=O) groups is 1. The Balaban J connectivity index is 2.66. The fraction of sp³-hybridized carbons (Fsp3) is 0.923. The number of rotatable bonds is 3. The average molecular weight is 226 g/mol. The molecule has 1 fully saturated rings. The number of hydrogen-bond donors (Lipinski definition) is 1. The summed E-state index contributed by atoms with van der Waals surface area (Å²) in [4.78, 5) is 14.3. The fourth-order valence-corrected chi connectivity index (χ4v) is 2.66. The number of carbonyl (C=O) groups excluding carboxylic acids is 1. The van der Waals surface area contributed by atoms with Crippen LogP contribution >= 0.6 is 0 Å². The molecule has 2 N–H and O–H groups in total. The third-order valence-electron chi connectivity index (χ3n) is 3.66. The highest BCUT2D eigenvalue weighted by molar-refractivity contribution is 5.86. The molecule has 16 heavy (non-hydrogen) atoms. The van der Waals surface area contributed by atoms with E-state index in [2.05, 4.69) is 20.8 Å². The first-order valence-electron chi connectivity index (χ1n) is 6.48. The summed E-state index contributed by atoms with van der Waals surface area (Å²) in [6, 6.07) is 0.344.